The number of carbonyl (C=O) groups excluding carboxylic acids is 3. The molecule has 0 aromatic rings. The summed E-state index contributed by atoms with van der Waals surface area (Å²) in [4.78, 5) is 41.2. The van der Waals surface area contributed by atoms with Crippen molar-refractivity contribution in [3.63, 3.8) is 0 Å². The molecule has 0 saturated heterocycles. The van der Waals surface area contributed by atoms with E-state index in [0.29, 0.717) is 47.4 Å². The molecule has 0 bridgehead atoms. The summed E-state index contributed by atoms with van der Waals surface area (Å²) in [5.41, 5.74) is 0. The Kier molecular flexibility index (Phi) is 30.5. The fraction of sp³-hybridized carbons (Fsp3) is 0.914. The molecule has 0 amide bonds. The molecule has 0 saturated carbocycles. The summed E-state index contributed by atoms with van der Waals surface area (Å²) in [5.74, 6) is -1.65. The van der Waals surface area contributed by atoms with Gasteiger partial charge in [-0.2, -0.15) is 0 Å². The van der Waals surface area contributed by atoms with Crippen LogP contribution in [-0.2, 0) is 23.6 Å². The van der Waals surface area contributed by atoms with E-state index < -0.39 is 55.3 Å². The van der Waals surface area contributed by atoms with Gasteiger partial charge >= 0.3 is 301 Å². The molecule has 266 valence electrons. The van der Waals surface area contributed by atoms with E-state index in [1.807, 2.05) is 0 Å². The molecule has 3 unspecified atom stereocenters. The van der Waals surface area contributed by atoms with E-state index in [1.54, 1.807) is 0 Å². The van der Waals surface area contributed by atoms with Crippen LogP contribution in [0.2, 0.25) is 4.44 Å². The van der Waals surface area contributed by atoms with Crippen molar-refractivity contribution in [2.24, 2.45) is 17.8 Å². The Bertz CT molecular complexity index is 673. The topological polar surface area (TPSA) is 78.9 Å². The molecule has 6 nitrogen and oxygen atoms in total. The Morgan fingerprint density at radius 3 is 1.00 bits per heavy atom. The first-order valence-electron chi connectivity index (χ1n) is 18.3. The summed E-state index contributed by atoms with van der Waals surface area (Å²) in [6.45, 7) is 8.64. The van der Waals surface area contributed by atoms with Crippen LogP contribution in [-0.4, -0.2) is 54.8 Å². The molecule has 3 atom stereocenters. The third-order valence-electron chi connectivity index (χ3n) is 8.48. The number of hydrogen-bond donors (Lipinski definition) is 3. The van der Waals surface area contributed by atoms with Crippen LogP contribution in [0.5, 0.6) is 0 Å². The molecule has 0 aromatic heterocycles. The Balaban J connectivity index is 6.24. The number of unbranched alkanes of at least 4 members (excludes halogenated alkanes) is 14. The van der Waals surface area contributed by atoms with Crippen molar-refractivity contribution in [1.82, 2.24) is 0 Å². The summed E-state index contributed by atoms with van der Waals surface area (Å²) < 4.78 is 19.1. The van der Waals surface area contributed by atoms with Gasteiger partial charge in [0.05, 0.1) is 0 Å². The molecule has 45 heavy (non-hydrogen) atoms. The molecule has 0 N–H and O–H groups in total. The van der Waals surface area contributed by atoms with E-state index in [0.717, 1.165) is 103 Å². The van der Waals surface area contributed by atoms with Crippen LogP contribution < -0.4 is 0 Å². The van der Waals surface area contributed by atoms with Gasteiger partial charge in [0.2, 0.25) is 0 Å². The second kappa shape index (κ2) is 30.3. The second-order valence-electron chi connectivity index (χ2n) is 12.7. The van der Waals surface area contributed by atoms with Gasteiger partial charge in [0.25, 0.3) is 0 Å². The average molecular weight is 800 g/mol. The van der Waals surface area contributed by atoms with Crippen molar-refractivity contribution in [2.45, 2.75) is 167 Å². The zero-order chi connectivity index (χ0) is 33.8. The van der Waals surface area contributed by atoms with Crippen LogP contribution in [0.3, 0.4) is 0 Å². The van der Waals surface area contributed by atoms with Gasteiger partial charge in [0.15, 0.2) is 0 Å². The second-order valence-corrected chi connectivity index (χ2v) is 20.8. The zero-order valence-corrected chi connectivity index (χ0v) is 34.7. The minimum atomic E-state index is -5.12. The molecule has 0 aliphatic carbocycles. The van der Waals surface area contributed by atoms with Gasteiger partial charge in [-0.1, -0.05) is 0 Å². The van der Waals surface area contributed by atoms with Crippen LogP contribution in [0.25, 0.3) is 0 Å². The van der Waals surface area contributed by atoms with Gasteiger partial charge in [0.1, 0.15) is 0 Å². The maximum absolute atomic E-state index is 13.7. The van der Waals surface area contributed by atoms with E-state index in [-0.39, 0.29) is 0 Å². The summed E-state index contributed by atoms with van der Waals surface area (Å²) >= 11 is 8.32. The van der Waals surface area contributed by atoms with Crippen LogP contribution in [0.4, 0.5) is 0 Å². The Morgan fingerprint density at radius 1 is 0.444 bits per heavy atom. The van der Waals surface area contributed by atoms with Crippen molar-refractivity contribution in [1.29, 1.82) is 0 Å². The number of carbonyl (C=O) groups is 3. The van der Waals surface area contributed by atoms with Gasteiger partial charge in [-0.3, -0.25) is 0 Å². The van der Waals surface area contributed by atoms with E-state index in [9.17, 15) is 14.4 Å². The predicted octanol–water partition coefficient (Wildman–Crippen LogP) is 10.5. The number of thiol groups is 3. The van der Waals surface area contributed by atoms with Gasteiger partial charge in [-0.25, -0.2) is 0 Å². The first kappa shape index (κ1) is 45.3. The number of rotatable bonds is 31. The minimum absolute atomic E-state index is 0.309. The number of hydrogen-bond acceptors (Lipinski definition) is 9. The van der Waals surface area contributed by atoms with Crippen LogP contribution in [0.1, 0.15) is 163 Å². The standard InChI is InChI=1S/3C9H18O2S.C8H17.Sn/c3*1-2-3-4-5-6-8(7-12)9(10)11;1-3-5-7-8-6-4-2;/h3*8,12H,2-7H2,1H3,(H,10,11);1,3-8H2,2H3;/q;;;;+3/p-3. The van der Waals surface area contributed by atoms with Crippen molar-refractivity contribution in [3.05, 3.63) is 0 Å². The maximum atomic E-state index is 13.7. The molecule has 0 aliphatic rings. The normalized spacial score (nSPS) is 14.7. The molecule has 0 aliphatic heterocycles. The van der Waals surface area contributed by atoms with Crippen LogP contribution in [0, 0.1) is 17.8 Å². The van der Waals surface area contributed by atoms with E-state index in [2.05, 4.69) is 65.6 Å². The van der Waals surface area contributed by atoms with Gasteiger partial charge < -0.3 is 0 Å². The molecule has 0 fully saturated rings. The van der Waals surface area contributed by atoms with E-state index in [4.69, 9.17) is 9.22 Å². The van der Waals surface area contributed by atoms with Crippen molar-refractivity contribution in [2.75, 3.05) is 17.3 Å². The summed E-state index contributed by atoms with van der Waals surface area (Å²) in [7, 11) is 0. The molecule has 0 spiro atoms. The van der Waals surface area contributed by atoms with Gasteiger partial charge in [-0.15, -0.1) is 0 Å². The fourth-order valence-corrected chi connectivity index (χ4v) is 13.6. The van der Waals surface area contributed by atoms with Crippen molar-refractivity contribution >= 4 is 75.4 Å². The molecule has 0 rings (SSSR count). The first-order valence-corrected chi connectivity index (χ1v) is 25.7. The third-order valence-corrected chi connectivity index (χ3v) is 16.9. The molecule has 10 heteroatoms. The monoisotopic (exact) mass is 800 g/mol. The molecule has 0 aromatic carbocycles. The third kappa shape index (κ3) is 21.8. The molecular formula is C35H68O6S3Sn. The first-order chi connectivity index (χ1) is 21.8. The Hall–Kier alpha value is 0.259. The fourth-order valence-electron chi connectivity index (χ4n) is 5.35. The average Bonchev–Trinajstić information content (AvgIpc) is 3.02. The molecule has 0 radical (unpaired) electrons. The Morgan fingerprint density at radius 2 is 0.711 bits per heavy atom. The summed E-state index contributed by atoms with van der Waals surface area (Å²) in [6.07, 6.45) is 20.4. The Labute approximate surface area is 299 Å². The van der Waals surface area contributed by atoms with Crippen LogP contribution in [0.15, 0.2) is 0 Å². The van der Waals surface area contributed by atoms with Crippen LogP contribution >= 0.6 is 37.9 Å². The van der Waals surface area contributed by atoms with Gasteiger partial charge in [0, 0.05) is 0 Å². The van der Waals surface area contributed by atoms with Crippen molar-refractivity contribution in [3.8, 4) is 0 Å². The molecule has 0 heterocycles. The molecular weight excluding hydrogens is 731 g/mol. The predicted molar refractivity (Wildman–Crippen MR) is 201 cm³/mol. The van der Waals surface area contributed by atoms with Crippen molar-refractivity contribution < 1.29 is 23.6 Å². The quantitative estimate of drug-likeness (QED) is 0.0368. The summed E-state index contributed by atoms with van der Waals surface area (Å²) in [6, 6.07) is 0. The SMILES string of the molecule is CCCCCCC[CH2][Sn]([O]C(=O)C(CS)CCCCCC)([O]C(=O)C(CS)CCCCCC)[O]C(=O)C(CS)CCCCCC. The zero-order valence-electron chi connectivity index (χ0n) is 29.2. The van der Waals surface area contributed by atoms with E-state index >= 15 is 0 Å². The summed E-state index contributed by atoms with van der Waals surface area (Å²) in [5, 5.41) is 0. The van der Waals surface area contributed by atoms with E-state index in [1.165, 1.54) is 6.42 Å². The van der Waals surface area contributed by atoms with Gasteiger partial charge in [-0.05, 0) is 0 Å².